The third-order valence-corrected chi connectivity index (χ3v) is 5.27. The first kappa shape index (κ1) is 22.6. The fourth-order valence-corrected chi connectivity index (χ4v) is 2.90. The Labute approximate surface area is 159 Å². The molecule has 0 heterocycles. The Morgan fingerprint density at radius 1 is 1.15 bits per heavy atom. The van der Waals surface area contributed by atoms with Gasteiger partial charge < -0.3 is 14.3 Å². The highest BCUT2D eigenvalue weighted by molar-refractivity contribution is 5.87. The van der Waals surface area contributed by atoms with Crippen molar-refractivity contribution in [2.45, 2.75) is 52.2 Å². The number of benzene rings is 1. The number of ether oxygens (including phenoxy) is 1. The standard InChI is InChI=1S/C21H38N2O3/c1-9-10-20(24)23(7,8)18-11-13-19(14-12-18)26-16-21(4,25)15-22(5,6)17(2)3/h11-14,17,25H,9-10,15-16H2,1-8H3/q+2. The van der Waals surface area contributed by atoms with Crippen LogP contribution in [0.15, 0.2) is 24.3 Å². The number of amides is 1. The summed E-state index contributed by atoms with van der Waals surface area (Å²) in [5.74, 6) is 0.893. The van der Waals surface area contributed by atoms with E-state index in [4.69, 9.17) is 4.74 Å². The Morgan fingerprint density at radius 3 is 2.15 bits per heavy atom. The molecular weight excluding hydrogens is 328 g/mol. The first-order valence-corrected chi connectivity index (χ1v) is 9.47. The first-order chi connectivity index (χ1) is 11.8. The van der Waals surface area contributed by atoms with E-state index in [2.05, 4.69) is 27.9 Å². The summed E-state index contributed by atoms with van der Waals surface area (Å²) in [6.07, 6.45) is 1.42. The van der Waals surface area contributed by atoms with Gasteiger partial charge in [-0.3, -0.25) is 0 Å². The second-order valence-electron chi connectivity index (χ2n) is 8.91. The van der Waals surface area contributed by atoms with E-state index in [0.717, 1.165) is 16.6 Å². The molecule has 0 aliphatic heterocycles. The van der Waals surface area contributed by atoms with E-state index in [0.29, 0.717) is 24.8 Å². The van der Waals surface area contributed by atoms with E-state index in [1.54, 1.807) is 0 Å². The zero-order valence-corrected chi connectivity index (χ0v) is 17.9. The second-order valence-corrected chi connectivity index (χ2v) is 8.91. The van der Waals surface area contributed by atoms with Crippen molar-refractivity contribution in [2.75, 3.05) is 41.3 Å². The zero-order chi connectivity index (χ0) is 20.2. The second kappa shape index (κ2) is 8.51. The number of rotatable bonds is 9. The van der Waals surface area contributed by atoms with Crippen LogP contribution in [-0.2, 0) is 4.79 Å². The number of quaternary nitrogens is 2. The molecule has 0 aliphatic rings. The quantitative estimate of drug-likeness (QED) is 0.683. The molecule has 0 radical (unpaired) electrons. The summed E-state index contributed by atoms with van der Waals surface area (Å²) in [4.78, 5) is 12.3. The number of hydrogen-bond acceptors (Lipinski definition) is 3. The maximum absolute atomic E-state index is 12.3. The third-order valence-electron chi connectivity index (χ3n) is 5.27. The normalized spacial score (nSPS) is 15.0. The fourth-order valence-electron chi connectivity index (χ4n) is 2.90. The maximum Gasteiger partial charge on any atom is 0.318 e. The van der Waals surface area contributed by atoms with Crippen molar-refractivity contribution in [1.82, 2.24) is 4.48 Å². The van der Waals surface area contributed by atoms with Crippen LogP contribution < -0.4 is 9.22 Å². The van der Waals surface area contributed by atoms with Crippen LogP contribution in [0.2, 0.25) is 0 Å². The SMILES string of the molecule is CCCC(=O)[N+](C)(C)c1ccc(OCC(C)(O)C[N+](C)(C)C(C)C)cc1. The number of nitrogens with zero attached hydrogens (tertiary/aromatic N) is 2. The van der Waals surface area contributed by atoms with E-state index in [-0.39, 0.29) is 17.0 Å². The highest BCUT2D eigenvalue weighted by Gasteiger charge is 2.33. The minimum Gasteiger partial charge on any atom is -0.490 e. The lowest BCUT2D eigenvalue weighted by atomic mass is 10.1. The van der Waals surface area contributed by atoms with Gasteiger partial charge in [-0.25, -0.2) is 9.28 Å². The van der Waals surface area contributed by atoms with E-state index in [9.17, 15) is 9.90 Å². The minimum absolute atomic E-state index is 0.192. The molecule has 0 spiro atoms. The zero-order valence-electron chi connectivity index (χ0n) is 17.9. The van der Waals surface area contributed by atoms with Gasteiger partial charge >= 0.3 is 5.91 Å². The highest BCUT2D eigenvalue weighted by atomic mass is 16.5. The minimum atomic E-state index is -0.918. The van der Waals surface area contributed by atoms with Gasteiger partial charge in [0.2, 0.25) is 0 Å². The van der Waals surface area contributed by atoms with Gasteiger partial charge in [-0.1, -0.05) is 6.92 Å². The van der Waals surface area contributed by atoms with Crippen LogP contribution in [0.25, 0.3) is 0 Å². The molecule has 0 aliphatic carbocycles. The van der Waals surface area contributed by atoms with Crippen molar-refractivity contribution in [3.63, 3.8) is 0 Å². The van der Waals surface area contributed by atoms with E-state index >= 15 is 0 Å². The molecule has 0 bridgehead atoms. The Morgan fingerprint density at radius 2 is 1.69 bits per heavy atom. The molecule has 1 unspecified atom stereocenters. The van der Waals surface area contributed by atoms with Crippen LogP contribution in [-0.4, -0.2) is 68.5 Å². The number of carbonyl (C=O) groups is 1. The summed E-state index contributed by atoms with van der Waals surface area (Å²) in [5, 5.41) is 10.7. The molecule has 0 aromatic heterocycles. The predicted octanol–water partition coefficient (Wildman–Crippen LogP) is 3.19. The van der Waals surface area contributed by atoms with Crippen molar-refractivity contribution >= 4 is 11.6 Å². The summed E-state index contributed by atoms with van der Waals surface area (Å²) in [6, 6.07) is 8.00. The summed E-state index contributed by atoms with van der Waals surface area (Å²) in [7, 11) is 8.04. The van der Waals surface area contributed by atoms with Crippen LogP contribution in [0.5, 0.6) is 5.75 Å². The highest BCUT2D eigenvalue weighted by Crippen LogP contribution is 2.25. The summed E-state index contributed by atoms with van der Waals surface area (Å²) in [5.41, 5.74) is 0.0129. The van der Waals surface area contributed by atoms with Gasteiger partial charge in [-0.15, -0.1) is 0 Å². The van der Waals surface area contributed by atoms with Gasteiger partial charge in [0.1, 0.15) is 30.2 Å². The van der Waals surface area contributed by atoms with Gasteiger partial charge in [0.15, 0.2) is 0 Å². The van der Waals surface area contributed by atoms with E-state index in [1.165, 1.54) is 0 Å². The smallest absolute Gasteiger partial charge is 0.318 e. The first-order valence-electron chi connectivity index (χ1n) is 9.47. The van der Waals surface area contributed by atoms with E-state index in [1.807, 2.05) is 52.2 Å². The fraction of sp³-hybridized carbons (Fsp3) is 0.667. The molecule has 1 aromatic rings. The molecule has 1 rings (SSSR count). The number of carbonyl (C=O) groups excluding carboxylic acids is 1. The summed E-state index contributed by atoms with van der Waals surface area (Å²) >= 11 is 0. The Balaban J connectivity index is 2.74. The maximum atomic E-state index is 12.3. The molecule has 1 N–H and O–H groups in total. The average molecular weight is 367 g/mol. The van der Waals surface area contributed by atoms with Gasteiger partial charge in [0.25, 0.3) is 0 Å². The molecule has 1 aromatic carbocycles. The lowest BCUT2D eigenvalue weighted by molar-refractivity contribution is -0.916. The van der Waals surface area contributed by atoms with Gasteiger partial charge in [-0.2, -0.15) is 0 Å². The molecule has 5 heteroatoms. The number of aliphatic hydroxyl groups is 1. The van der Waals surface area contributed by atoms with E-state index < -0.39 is 5.60 Å². The van der Waals surface area contributed by atoms with Gasteiger partial charge in [0.05, 0.1) is 40.7 Å². The monoisotopic (exact) mass is 366 g/mol. The van der Waals surface area contributed by atoms with Crippen LogP contribution in [0.3, 0.4) is 0 Å². The van der Waals surface area contributed by atoms with Crippen LogP contribution in [0, 0.1) is 0 Å². The Kier molecular flexibility index (Phi) is 7.40. The molecule has 1 amide bonds. The topological polar surface area (TPSA) is 46.5 Å². The molecule has 0 saturated heterocycles. The Bertz CT molecular complexity index is 590. The molecule has 1 atom stereocenters. The average Bonchev–Trinajstić information content (AvgIpc) is 2.52. The molecule has 148 valence electrons. The number of likely N-dealkylation sites (N-methyl/N-ethyl adjacent to an activating group) is 1. The lowest BCUT2D eigenvalue weighted by Crippen LogP contribution is -2.56. The van der Waals surface area contributed by atoms with Gasteiger partial charge in [-0.05, 0) is 39.3 Å². The molecular formula is C21H38N2O3+2. The van der Waals surface area contributed by atoms with Crippen LogP contribution >= 0.6 is 0 Å². The number of hydrogen-bond donors (Lipinski definition) is 1. The summed E-state index contributed by atoms with van der Waals surface area (Å²) < 4.78 is 6.77. The molecule has 0 saturated carbocycles. The van der Waals surface area contributed by atoms with Crippen molar-refractivity contribution in [3.05, 3.63) is 24.3 Å². The molecule has 26 heavy (non-hydrogen) atoms. The summed E-state index contributed by atoms with van der Waals surface area (Å²) in [6.45, 7) is 8.96. The predicted molar refractivity (Wildman–Crippen MR) is 108 cm³/mol. The van der Waals surface area contributed by atoms with Crippen LogP contribution in [0.4, 0.5) is 5.69 Å². The van der Waals surface area contributed by atoms with Crippen molar-refractivity contribution < 1.29 is 19.1 Å². The lowest BCUT2D eigenvalue weighted by Gasteiger charge is -2.39. The third kappa shape index (κ3) is 6.08. The molecule has 5 nitrogen and oxygen atoms in total. The van der Waals surface area contributed by atoms with Gasteiger partial charge in [0, 0.05) is 12.1 Å². The van der Waals surface area contributed by atoms with Crippen molar-refractivity contribution in [3.8, 4) is 5.75 Å². The van der Waals surface area contributed by atoms with Crippen LogP contribution in [0.1, 0.15) is 40.5 Å². The van der Waals surface area contributed by atoms with Crippen molar-refractivity contribution in [1.29, 1.82) is 0 Å². The molecule has 0 fully saturated rings. The Hall–Kier alpha value is -1.43. The largest absolute Gasteiger partial charge is 0.490 e. The van der Waals surface area contributed by atoms with Crippen molar-refractivity contribution in [2.24, 2.45) is 0 Å².